The van der Waals surface area contributed by atoms with E-state index in [-0.39, 0.29) is 18.4 Å². The molecule has 0 aliphatic rings. The summed E-state index contributed by atoms with van der Waals surface area (Å²) in [5.41, 5.74) is 0.398. The Hall–Kier alpha value is -2.61. The topological polar surface area (TPSA) is 80.8 Å². The van der Waals surface area contributed by atoms with E-state index >= 15 is 0 Å². The number of anilines is 1. The number of carbonyl (C=O) groups is 2. The molecule has 0 aliphatic heterocycles. The Morgan fingerprint density at radius 2 is 1.88 bits per heavy atom. The number of nitrogens with zero attached hydrogens (tertiary/aromatic N) is 2. The summed E-state index contributed by atoms with van der Waals surface area (Å²) in [7, 11) is 3.03. The Bertz CT molecular complexity index is 681. The minimum Gasteiger partial charge on any atom is -0.497 e. The molecule has 0 atom stereocenters. The Morgan fingerprint density at radius 3 is 2.38 bits per heavy atom. The standard InChI is InChI=1S/C16H19N3O4S/c1-4-19(10-14(20)18-16-17-5-6-24-16)15(21)11-7-12(22-2)9-13(8-11)23-3/h5-9H,4,10H2,1-3H3,(H,17,18,20). The van der Waals surface area contributed by atoms with Crippen LogP contribution in [0.15, 0.2) is 29.8 Å². The summed E-state index contributed by atoms with van der Waals surface area (Å²) >= 11 is 1.32. The zero-order valence-electron chi connectivity index (χ0n) is 13.7. The molecule has 2 aromatic rings. The normalized spacial score (nSPS) is 10.1. The lowest BCUT2D eigenvalue weighted by Crippen LogP contribution is -2.37. The first-order chi connectivity index (χ1) is 11.6. The highest BCUT2D eigenvalue weighted by molar-refractivity contribution is 7.13. The van der Waals surface area contributed by atoms with Crippen LogP contribution in [0.4, 0.5) is 5.13 Å². The van der Waals surface area contributed by atoms with Crippen molar-refractivity contribution < 1.29 is 19.1 Å². The van der Waals surface area contributed by atoms with Crippen molar-refractivity contribution in [1.82, 2.24) is 9.88 Å². The van der Waals surface area contributed by atoms with Gasteiger partial charge < -0.3 is 19.7 Å². The smallest absolute Gasteiger partial charge is 0.254 e. The lowest BCUT2D eigenvalue weighted by molar-refractivity contribution is -0.116. The molecule has 0 bridgehead atoms. The summed E-state index contributed by atoms with van der Waals surface area (Å²) in [6, 6.07) is 4.92. The maximum atomic E-state index is 12.7. The summed E-state index contributed by atoms with van der Waals surface area (Å²) in [5.74, 6) is 0.459. The fourth-order valence-corrected chi connectivity index (χ4v) is 2.60. The van der Waals surface area contributed by atoms with Crippen LogP contribution >= 0.6 is 11.3 Å². The lowest BCUT2D eigenvalue weighted by atomic mass is 10.1. The zero-order chi connectivity index (χ0) is 17.5. The van der Waals surface area contributed by atoms with Crippen LogP contribution in [-0.4, -0.2) is 49.0 Å². The third kappa shape index (κ3) is 4.45. The van der Waals surface area contributed by atoms with E-state index in [2.05, 4.69) is 10.3 Å². The summed E-state index contributed by atoms with van der Waals surface area (Å²) in [4.78, 5) is 30.2. The molecule has 0 radical (unpaired) electrons. The van der Waals surface area contributed by atoms with Crippen molar-refractivity contribution in [2.45, 2.75) is 6.92 Å². The molecule has 128 valence electrons. The van der Waals surface area contributed by atoms with E-state index < -0.39 is 0 Å². The average Bonchev–Trinajstić information content (AvgIpc) is 3.11. The van der Waals surface area contributed by atoms with E-state index in [9.17, 15) is 9.59 Å². The molecule has 1 aromatic carbocycles. The number of methoxy groups -OCH3 is 2. The first-order valence-corrected chi connectivity index (χ1v) is 8.17. The number of likely N-dealkylation sites (N-methyl/N-ethyl adjacent to an activating group) is 1. The SMILES string of the molecule is CCN(CC(=O)Nc1nccs1)C(=O)c1cc(OC)cc(OC)c1. The number of thiazole rings is 1. The van der Waals surface area contributed by atoms with Crippen LogP contribution in [0.1, 0.15) is 17.3 Å². The van der Waals surface area contributed by atoms with Crippen LogP contribution in [0.3, 0.4) is 0 Å². The van der Waals surface area contributed by atoms with Gasteiger partial charge in [-0.05, 0) is 19.1 Å². The maximum Gasteiger partial charge on any atom is 0.254 e. The van der Waals surface area contributed by atoms with Gasteiger partial charge in [0.1, 0.15) is 18.0 Å². The molecule has 2 rings (SSSR count). The van der Waals surface area contributed by atoms with E-state index in [1.165, 1.54) is 30.5 Å². The zero-order valence-corrected chi connectivity index (χ0v) is 14.6. The van der Waals surface area contributed by atoms with Crippen molar-refractivity contribution >= 4 is 28.3 Å². The number of hydrogen-bond donors (Lipinski definition) is 1. The molecule has 24 heavy (non-hydrogen) atoms. The van der Waals surface area contributed by atoms with Crippen LogP contribution in [0.5, 0.6) is 11.5 Å². The van der Waals surface area contributed by atoms with Crippen molar-refractivity contribution in [3.63, 3.8) is 0 Å². The second-order valence-electron chi connectivity index (χ2n) is 4.81. The van der Waals surface area contributed by atoms with Crippen LogP contribution < -0.4 is 14.8 Å². The molecular formula is C16H19N3O4S. The van der Waals surface area contributed by atoms with E-state index in [1.807, 2.05) is 6.92 Å². The first kappa shape index (κ1) is 17.7. The van der Waals surface area contributed by atoms with Crippen molar-refractivity contribution in [1.29, 1.82) is 0 Å². The van der Waals surface area contributed by atoms with E-state index in [0.29, 0.717) is 28.7 Å². The van der Waals surface area contributed by atoms with Gasteiger partial charge in [0.15, 0.2) is 5.13 Å². The molecule has 7 nitrogen and oxygen atoms in total. The highest BCUT2D eigenvalue weighted by atomic mass is 32.1. The van der Waals surface area contributed by atoms with Gasteiger partial charge in [0.05, 0.1) is 14.2 Å². The monoisotopic (exact) mass is 349 g/mol. The predicted molar refractivity (Wildman–Crippen MR) is 91.9 cm³/mol. The molecule has 1 aromatic heterocycles. The highest BCUT2D eigenvalue weighted by Crippen LogP contribution is 2.23. The molecule has 0 spiro atoms. The molecule has 0 unspecified atom stereocenters. The van der Waals surface area contributed by atoms with Crippen LogP contribution in [-0.2, 0) is 4.79 Å². The Morgan fingerprint density at radius 1 is 1.21 bits per heavy atom. The highest BCUT2D eigenvalue weighted by Gasteiger charge is 2.19. The van der Waals surface area contributed by atoms with Crippen LogP contribution in [0.2, 0.25) is 0 Å². The number of ether oxygens (including phenoxy) is 2. The molecule has 1 N–H and O–H groups in total. The number of aromatic nitrogens is 1. The molecule has 8 heteroatoms. The largest absolute Gasteiger partial charge is 0.497 e. The first-order valence-electron chi connectivity index (χ1n) is 7.29. The van der Waals surface area contributed by atoms with Gasteiger partial charge in [-0.2, -0.15) is 0 Å². The number of amides is 2. The van der Waals surface area contributed by atoms with Gasteiger partial charge in [0, 0.05) is 29.8 Å². The number of carbonyl (C=O) groups excluding carboxylic acids is 2. The fourth-order valence-electron chi connectivity index (χ4n) is 2.06. The van der Waals surface area contributed by atoms with E-state index in [0.717, 1.165) is 0 Å². The Balaban J connectivity index is 2.11. The molecule has 2 amide bonds. The summed E-state index contributed by atoms with van der Waals surface area (Å²) in [6.45, 7) is 2.14. The molecule has 0 saturated carbocycles. The van der Waals surface area contributed by atoms with Gasteiger partial charge in [-0.25, -0.2) is 4.98 Å². The van der Waals surface area contributed by atoms with Crippen molar-refractivity contribution in [3.8, 4) is 11.5 Å². The molecule has 0 fully saturated rings. The second kappa shape index (κ2) is 8.30. The van der Waals surface area contributed by atoms with E-state index in [1.54, 1.807) is 29.8 Å². The Labute approximate surface area is 144 Å². The number of hydrogen-bond acceptors (Lipinski definition) is 6. The van der Waals surface area contributed by atoms with Crippen LogP contribution in [0.25, 0.3) is 0 Å². The van der Waals surface area contributed by atoms with Gasteiger partial charge in [-0.1, -0.05) is 0 Å². The molecule has 0 saturated heterocycles. The average molecular weight is 349 g/mol. The summed E-state index contributed by atoms with van der Waals surface area (Å²) in [6.07, 6.45) is 1.60. The summed E-state index contributed by atoms with van der Waals surface area (Å²) < 4.78 is 10.4. The van der Waals surface area contributed by atoms with Crippen LogP contribution in [0, 0.1) is 0 Å². The van der Waals surface area contributed by atoms with Gasteiger partial charge in [0.2, 0.25) is 5.91 Å². The second-order valence-corrected chi connectivity index (χ2v) is 5.70. The molecule has 1 heterocycles. The van der Waals surface area contributed by atoms with Crippen molar-refractivity contribution in [2.24, 2.45) is 0 Å². The van der Waals surface area contributed by atoms with Gasteiger partial charge in [0.25, 0.3) is 5.91 Å². The third-order valence-corrected chi connectivity index (χ3v) is 3.97. The summed E-state index contributed by atoms with van der Waals surface area (Å²) in [5, 5.41) is 4.93. The van der Waals surface area contributed by atoms with Gasteiger partial charge in [-0.3, -0.25) is 9.59 Å². The quantitative estimate of drug-likeness (QED) is 0.829. The minimum absolute atomic E-state index is 0.0611. The van der Waals surface area contributed by atoms with Gasteiger partial charge in [-0.15, -0.1) is 11.3 Å². The van der Waals surface area contributed by atoms with Crippen molar-refractivity contribution in [3.05, 3.63) is 35.3 Å². The van der Waals surface area contributed by atoms with E-state index in [4.69, 9.17) is 9.47 Å². The molecule has 0 aliphatic carbocycles. The third-order valence-electron chi connectivity index (χ3n) is 3.28. The predicted octanol–water partition coefficient (Wildman–Crippen LogP) is 2.26. The van der Waals surface area contributed by atoms with Gasteiger partial charge >= 0.3 is 0 Å². The fraction of sp³-hybridized carbons (Fsp3) is 0.312. The number of nitrogens with one attached hydrogen (secondary N) is 1. The minimum atomic E-state index is -0.296. The number of benzene rings is 1. The number of rotatable bonds is 7. The maximum absolute atomic E-state index is 12.7. The Kier molecular flexibility index (Phi) is 6.14. The lowest BCUT2D eigenvalue weighted by Gasteiger charge is -2.20. The van der Waals surface area contributed by atoms with Crippen molar-refractivity contribution in [2.75, 3.05) is 32.6 Å². The molecular weight excluding hydrogens is 330 g/mol.